The SMILES string of the molecule is CC(NC(=O)C(C)(Cl)Cl)C1(c2ccc(Br)cc2)CCC1. The summed E-state index contributed by atoms with van der Waals surface area (Å²) >= 11 is 15.2. The molecule has 5 heteroatoms. The van der Waals surface area contributed by atoms with Crippen molar-refractivity contribution < 1.29 is 4.79 Å². The third-order valence-corrected chi connectivity index (χ3v) is 5.11. The summed E-state index contributed by atoms with van der Waals surface area (Å²) in [6.45, 7) is 3.52. The lowest BCUT2D eigenvalue weighted by Crippen LogP contribution is -2.55. The first kappa shape index (κ1) is 16.1. The average molecular weight is 379 g/mol. The third kappa shape index (κ3) is 3.15. The molecular weight excluding hydrogens is 361 g/mol. The molecule has 1 fully saturated rings. The minimum Gasteiger partial charge on any atom is -0.350 e. The Morgan fingerprint density at radius 3 is 2.30 bits per heavy atom. The fourth-order valence-corrected chi connectivity index (χ4v) is 3.15. The lowest BCUT2D eigenvalue weighted by atomic mass is 9.60. The highest BCUT2D eigenvalue weighted by molar-refractivity contribution is 9.10. The number of halogens is 3. The van der Waals surface area contributed by atoms with Crippen LogP contribution < -0.4 is 5.32 Å². The van der Waals surface area contributed by atoms with Gasteiger partial charge < -0.3 is 5.32 Å². The van der Waals surface area contributed by atoms with E-state index in [0.717, 1.165) is 17.3 Å². The van der Waals surface area contributed by atoms with Crippen LogP contribution >= 0.6 is 39.1 Å². The van der Waals surface area contributed by atoms with E-state index in [4.69, 9.17) is 23.2 Å². The standard InChI is InChI=1S/C15H18BrCl2NO/c1-10(19-13(20)14(2,17)18)15(8-3-9-15)11-4-6-12(16)7-5-11/h4-7,10H,3,8-9H2,1-2H3,(H,19,20). The number of carbonyl (C=O) groups is 1. The molecule has 110 valence electrons. The molecule has 1 amide bonds. The number of rotatable bonds is 4. The third-order valence-electron chi connectivity index (χ3n) is 4.24. The first-order valence-corrected chi connectivity index (χ1v) is 8.25. The number of benzene rings is 1. The molecule has 1 atom stereocenters. The van der Waals surface area contributed by atoms with Crippen molar-refractivity contribution in [3.8, 4) is 0 Å². The van der Waals surface area contributed by atoms with Gasteiger partial charge in [0.15, 0.2) is 4.33 Å². The van der Waals surface area contributed by atoms with Crippen LogP contribution in [-0.2, 0) is 10.2 Å². The second-order valence-corrected chi connectivity index (χ2v) is 8.22. The quantitative estimate of drug-likeness (QED) is 0.764. The highest BCUT2D eigenvalue weighted by Crippen LogP contribution is 2.46. The van der Waals surface area contributed by atoms with Gasteiger partial charge in [-0.25, -0.2) is 0 Å². The van der Waals surface area contributed by atoms with Crippen LogP contribution in [0.25, 0.3) is 0 Å². The van der Waals surface area contributed by atoms with E-state index in [2.05, 4.69) is 33.4 Å². The van der Waals surface area contributed by atoms with E-state index in [-0.39, 0.29) is 17.4 Å². The van der Waals surface area contributed by atoms with Crippen molar-refractivity contribution in [2.45, 2.75) is 48.9 Å². The minimum absolute atomic E-state index is 0.00162. The van der Waals surface area contributed by atoms with E-state index >= 15 is 0 Å². The summed E-state index contributed by atoms with van der Waals surface area (Å²) in [4.78, 5) is 12.0. The summed E-state index contributed by atoms with van der Waals surface area (Å²) in [7, 11) is 0. The summed E-state index contributed by atoms with van der Waals surface area (Å²) in [6, 6.07) is 8.31. The van der Waals surface area contributed by atoms with Crippen molar-refractivity contribution in [1.82, 2.24) is 5.32 Å². The van der Waals surface area contributed by atoms with Gasteiger partial charge in [0.1, 0.15) is 0 Å². The molecule has 0 aliphatic heterocycles. The predicted molar refractivity (Wildman–Crippen MR) is 87.4 cm³/mol. The summed E-state index contributed by atoms with van der Waals surface area (Å²) in [6.07, 6.45) is 3.31. The van der Waals surface area contributed by atoms with Gasteiger partial charge in [0.25, 0.3) is 5.91 Å². The highest BCUT2D eigenvalue weighted by atomic mass is 79.9. The number of hydrogen-bond acceptors (Lipinski definition) is 1. The Morgan fingerprint density at radius 2 is 1.90 bits per heavy atom. The summed E-state index contributed by atoms with van der Waals surface area (Å²) in [5, 5.41) is 2.96. The summed E-state index contributed by atoms with van der Waals surface area (Å²) < 4.78 is -0.333. The molecule has 0 radical (unpaired) electrons. The lowest BCUT2D eigenvalue weighted by molar-refractivity contribution is -0.122. The molecule has 0 spiro atoms. The van der Waals surface area contributed by atoms with Gasteiger partial charge >= 0.3 is 0 Å². The number of alkyl halides is 2. The second kappa shape index (κ2) is 5.86. The number of nitrogens with one attached hydrogen (secondary N) is 1. The largest absolute Gasteiger partial charge is 0.350 e. The lowest BCUT2D eigenvalue weighted by Gasteiger charge is -2.47. The molecule has 0 saturated heterocycles. The van der Waals surface area contributed by atoms with Crippen LogP contribution in [-0.4, -0.2) is 16.3 Å². The molecule has 1 saturated carbocycles. The predicted octanol–water partition coefficient (Wildman–Crippen LogP) is 4.57. The van der Waals surface area contributed by atoms with Crippen molar-refractivity contribution in [1.29, 1.82) is 0 Å². The molecule has 2 rings (SSSR count). The van der Waals surface area contributed by atoms with Crippen LogP contribution in [0.15, 0.2) is 28.7 Å². The fourth-order valence-electron chi connectivity index (χ4n) is 2.77. The Hall–Kier alpha value is -0.250. The highest BCUT2D eigenvalue weighted by Gasteiger charge is 2.45. The van der Waals surface area contributed by atoms with Gasteiger partial charge in [-0.1, -0.05) is 57.7 Å². The van der Waals surface area contributed by atoms with Crippen LogP contribution in [0.2, 0.25) is 0 Å². The first-order chi connectivity index (χ1) is 9.25. The zero-order valence-electron chi connectivity index (χ0n) is 11.6. The van der Waals surface area contributed by atoms with Crippen molar-refractivity contribution in [3.63, 3.8) is 0 Å². The van der Waals surface area contributed by atoms with Gasteiger partial charge in [0.2, 0.25) is 0 Å². The number of amides is 1. The van der Waals surface area contributed by atoms with E-state index in [1.54, 1.807) is 0 Å². The molecule has 1 N–H and O–H groups in total. The van der Waals surface area contributed by atoms with Crippen molar-refractivity contribution >= 4 is 45.0 Å². The minimum atomic E-state index is -1.39. The monoisotopic (exact) mass is 377 g/mol. The zero-order valence-corrected chi connectivity index (χ0v) is 14.6. The van der Waals surface area contributed by atoms with Crippen molar-refractivity contribution in [2.24, 2.45) is 0 Å². The maximum atomic E-state index is 12.0. The van der Waals surface area contributed by atoms with Gasteiger partial charge in [-0.05, 0) is 44.4 Å². The van der Waals surface area contributed by atoms with Crippen LogP contribution in [0.5, 0.6) is 0 Å². The number of carbonyl (C=O) groups excluding carboxylic acids is 1. The maximum absolute atomic E-state index is 12.0. The molecule has 20 heavy (non-hydrogen) atoms. The van der Waals surface area contributed by atoms with E-state index in [1.807, 2.05) is 19.1 Å². The van der Waals surface area contributed by atoms with Crippen molar-refractivity contribution in [3.05, 3.63) is 34.3 Å². The van der Waals surface area contributed by atoms with Gasteiger partial charge in [-0.3, -0.25) is 4.79 Å². The molecule has 1 aromatic rings. The van der Waals surface area contributed by atoms with Gasteiger partial charge in [-0.15, -0.1) is 0 Å². The van der Waals surface area contributed by atoms with E-state index in [9.17, 15) is 4.79 Å². The summed E-state index contributed by atoms with van der Waals surface area (Å²) in [5.41, 5.74) is 1.25. The molecule has 1 unspecified atom stereocenters. The normalized spacial score (nSPS) is 19.1. The van der Waals surface area contributed by atoms with Gasteiger partial charge in [-0.2, -0.15) is 0 Å². The van der Waals surface area contributed by atoms with Crippen LogP contribution in [0.3, 0.4) is 0 Å². The van der Waals surface area contributed by atoms with E-state index in [0.29, 0.717) is 0 Å². The van der Waals surface area contributed by atoms with Gasteiger partial charge in [0.05, 0.1) is 0 Å². The molecule has 0 heterocycles. The van der Waals surface area contributed by atoms with Gasteiger partial charge in [0, 0.05) is 15.9 Å². The smallest absolute Gasteiger partial charge is 0.256 e. The molecule has 0 aromatic heterocycles. The van der Waals surface area contributed by atoms with Crippen molar-refractivity contribution in [2.75, 3.05) is 0 Å². The number of hydrogen-bond donors (Lipinski definition) is 1. The molecule has 1 aliphatic carbocycles. The molecular formula is C15H18BrCl2NO. The molecule has 1 aromatic carbocycles. The van der Waals surface area contributed by atoms with Crippen LogP contribution in [0.1, 0.15) is 38.7 Å². The van der Waals surface area contributed by atoms with Crippen LogP contribution in [0.4, 0.5) is 0 Å². The molecule has 1 aliphatic rings. The Balaban J connectivity index is 2.19. The van der Waals surface area contributed by atoms with E-state index < -0.39 is 4.33 Å². The fraction of sp³-hybridized carbons (Fsp3) is 0.533. The maximum Gasteiger partial charge on any atom is 0.256 e. The molecule has 2 nitrogen and oxygen atoms in total. The second-order valence-electron chi connectivity index (χ2n) is 5.60. The zero-order chi connectivity index (χ0) is 15.0. The van der Waals surface area contributed by atoms with E-state index in [1.165, 1.54) is 18.9 Å². The first-order valence-electron chi connectivity index (χ1n) is 6.70. The van der Waals surface area contributed by atoms with Crippen LogP contribution in [0, 0.1) is 0 Å². The Morgan fingerprint density at radius 1 is 1.35 bits per heavy atom. The summed E-state index contributed by atoms with van der Waals surface area (Å²) in [5.74, 6) is -0.336. The average Bonchev–Trinajstić information content (AvgIpc) is 2.28. The topological polar surface area (TPSA) is 29.1 Å². The Bertz CT molecular complexity index is 492. The Labute approximate surface area is 138 Å². The Kier molecular flexibility index (Phi) is 4.73. The molecule has 0 bridgehead atoms.